The van der Waals surface area contributed by atoms with Crippen molar-refractivity contribution in [1.82, 2.24) is 4.98 Å². The number of hydrogen-bond donors (Lipinski definition) is 2. The molecule has 3 rings (SSSR count). The van der Waals surface area contributed by atoms with Gasteiger partial charge in [0.2, 0.25) is 0 Å². The summed E-state index contributed by atoms with van der Waals surface area (Å²) < 4.78 is 0. The molecular formula is C14H21N3O. The van der Waals surface area contributed by atoms with Crippen molar-refractivity contribution in [2.75, 3.05) is 29.9 Å². The van der Waals surface area contributed by atoms with Gasteiger partial charge in [-0.25, -0.2) is 0 Å². The highest BCUT2D eigenvalue weighted by molar-refractivity contribution is 5.56. The van der Waals surface area contributed by atoms with Gasteiger partial charge in [-0.2, -0.15) is 0 Å². The fraction of sp³-hybridized carbons (Fsp3) is 0.643. The Balaban J connectivity index is 1.74. The van der Waals surface area contributed by atoms with Crippen LogP contribution < -0.4 is 10.2 Å². The molecule has 2 fully saturated rings. The summed E-state index contributed by atoms with van der Waals surface area (Å²) in [6.07, 6.45) is 5.85. The molecule has 1 aliphatic carbocycles. The second kappa shape index (κ2) is 4.76. The van der Waals surface area contributed by atoms with Crippen LogP contribution in [0.15, 0.2) is 18.5 Å². The number of hydrogen-bond acceptors (Lipinski definition) is 4. The quantitative estimate of drug-likeness (QED) is 0.854. The number of anilines is 2. The van der Waals surface area contributed by atoms with Gasteiger partial charge in [-0.05, 0) is 31.7 Å². The van der Waals surface area contributed by atoms with Gasteiger partial charge in [0.15, 0.2) is 0 Å². The van der Waals surface area contributed by atoms with Crippen molar-refractivity contribution in [2.45, 2.75) is 25.9 Å². The summed E-state index contributed by atoms with van der Waals surface area (Å²) >= 11 is 0. The number of fused-ring (bicyclic) bond motifs is 1. The highest BCUT2D eigenvalue weighted by atomic mass is 16.3. The lowest BCUT2D eigenvalue weighted by Crippen LogP contribution is -2.24. The monoisotopic (exact) mass is 247 g/mol. The average Bonchev–Trinajstić information content (AvgIpc) is 2.93. The maximum absolute atomic E-state index is 9.95. The first kappa shape index (κ1) is 11.8. The Labute approximate surface area is 108 Å². The summed E-state index contributed by atoms with van der Waals surface area (Å²) in [6, 6.07) is 2.16. The molecule has 4 heteroatoms. The molecule has 0 aromatic carbocycles. The Morgan fingerprint density at radius 1 is 1.39 bits per heavy atom. The largest absolute Gasteiger partial charge is 0.393 e. The number of aromatic nitrogens is 1. The smallest absolute Gasteiger partial charge is 0.0588 e. The van der Waals surface area contributed by atoms with Gasteiger partial charge in [0, 0.05) is 25.6 Å². The minimum absolute atomic E-state index is 0.0927. The predicted octanol–water partition coefficient (Wildman–Crippen LogP) is 1.72. The second-order valence-electron chi connectivity index (χ2n) is 5.44. The number of aliphatic hydroxyl groups excluding tert-OH is 1. The van der Waals surface area contributed by atoms with Crippen LogP contribution in [-0.2, 0) is 0 Å². The molecule has 4 nitrogen and oxygen atoms in total. The molecule has 0 amide bonds. The van der Waals surface area contributed by atoms with E-state index in [-0.39, 0.29) is 6.10 Å². The molecule has 2 heterocycles. The van der Waals surface area contributed by atoms with Gasteiger partial charge >= 0.3 is 0 Å². The van der Waals surface area contributed by atoms with Crippen molar-refractivity contribution < 1.29 is 5.11 Å². The van der Waals surface area contributed by atoms with Gasteiger partial charge in [-0.1, -0.05) is 0 Å². The molecule has 2 N–H and O–H groups in total. The van der Waals surface area contributed by atoms with Gasteiger partial charge in [-0.3, -0.25) is 4.98 Å². The molecule has 1 aliphatic heterocycles. The number of pyridine rings is 1. The lowest BCUT2D eigenvalue weighted by Gasteiger charge is -2.20. The Hall–Kier alpha value is -1.29. The molecule has 18 heavy (non-hydrogen) atoms. The zero-order valence-corrected chi connectivity index (χ0v) is 10.8. The zero-order chi connectivity index (χ0) is 12.5. The third-order valence-electron chi connectivity index (χ3n) is 4.29. The van der Waals surface area contributed by atoms with E-state index in [0.717, 1.165) is 31.7 Å². The molecule has 1 saturated carbocycles. The number of nitrogens with zero attached hydrogens (tertiary/aromatic N) is 2. The molecule has 0 radical (unpaired) electrons. The molecule has 3 atom stereocenters. The molecule has 0 spiro atoms. The predicted molar refractivity (Wildman–Crippen MR) is 72.8 cm³/mol. The Bertz CT molecular complexity index is 423. The highest BCUT2D eigenvalue weighted by Crippen LogP contribution is 2.39. The SMILES string of the molecule is CCNc1cncc(N2CC3CCC(O)C3C2)c1. The van der Waals surface area contributed by atoms with Crippen LogP contribution in [0, 0.1) is 11.8 Å². The maximum atomic E-state index is 9.95. The van der Waals surface area contributed by atoms with E-state index in [2.05, 4.69) is 28.2 Å². The van der Waals surface area contributed by atoms with Gasteiger partial charge in [0.25, 0.3) is 0 Å². The fourth-order valence-electron chi connectivity index (χ4n) is 3.35. The molecule has 2 aliphatic rings. The number of nitrogens with one attached hydrogen (secondary N) is 1. The zero-order valence-electron chi connectivity index (χ0n) is 10.8. The molecule has 1 aromatic rings. The molecule has 1 saturated heterocycles. The van der Waals surface area contributed by atoms with E-state index >= 15 is 0 Å². The maximum Gasteiger partial charge on any atom is 0.0588 e. The van der Waals surface area contributed by atoms with Crippen molar-refractivity contribution in [2.24, 2.45) is 11.8 Å². The van der Waals surface area contributed by atoms with Crippen LogP contribution in [0.25, 0.3) is 0 Å². The van der Waals surface area contributed by atoms with Crippen LogP contribution in [0.2, 0.25) is 0 Å². The van der Waals surface area contributed by atoms with E-state index in [1.54, 1.807) is 0 Å². The van der Waals surface area contributed by atoms with E-state index in [9.17, 15) is 5.11 Å². The number of rotatable bonds is 3. The van der Waals surface area contributed by atoms with E-state index in [1.165, 1.54) is 12.1 Å². The standard InChI is InChI=1S/C14H21N3O/c1-2-16-11-5-12(7-15-6-11)17-8-10-3-4-14(18)13(10)9-17/h5-7,10,13-14,16,18H,2-4,8-9H2,1H3. The first-order chi connectivity index (χ1) is 8.78. The van der Waals surface area contributed by atoms with Crippen LogP contribution in [-0.4, -0.2) is 35.8 Å². The fourth-order valence-corrected chi connectivity index (χ4v) is 3.35. The van der Waals surface area contributed by atoms with Crippen molar-refractivity contribution >= 4 is 11.4 Å². The summed E-state index contributed by atoms with van der Waals surface area (Å²) in [5.74, 6) is 1.13. The minimum atomic E-state index is -0.0927. The van der Waals surface area contributed by atoms with Crippen LogP contribution in [0.1, 0.15) is 19.8 Å². The highest BCUT2D eigenvalue weighted by Gasteiger charge is 2.41. The molecule has 0 bridgehead atoms. The third kappa shape index (κ3) is 2.05. The summed E-state index contributed by atoms with van der Waals surface area (Å²) in [5.41, 5.74) is 2.25. The van der Waals surface area contributed by atoms with Gasteiger partial charge < -0.3 is 15.3 Å². The summed E-state index contributed by atoms with van der Waals surface area (Å²) in [7, 11) is 0. The van der Waals surface area contributed by atoms with Crippen molar-refractivity contribution in [3.05, 3.63) is 18.5 Å². The molecular weight excluding hydrogens is 226 g/mol. The Kier molecular flexibility index (Phi) is 3.12. The van der Waals surface area contributed by atoms with E-state index < -0.39 is 0 Å². The first-order valence-electron chi connectivity index (χ1n) is 6.90. The lowest BCUT2D eigenvalue weighted by atomic mass is 10.00. The molecule has 3 unspecified atom stereocenters. The van der Waals surface area contributed by atoms with Crippen LogP contribution in [0.3, 0.4) is 0 Å². The third-order valence-corrected chi connectivity index (χ3v) is 4.29. The van der Waals surface area contributed by atoms with E-state index in [1.807, 2.05) is 12.4 Å². The Morgan fingerprint density at radius 3 is 3.06 bits per heavy atom. The summed E-state index contributed by atoms with van der Waals surface area (Å²) in [4.78, 5) is 6.66. The van der Waals surface area contributed by atoms with Gasteiger partial charge in [0.1, 0.15) is 0 Å². The second-order valence-corrected chi connectivity index (χ2v) is 5.44. The minimum Gasteiger partial charge on any atom is -0.393 e. The van der Waals surface area contributed by atoms with Crippen molar-refractivity contribution in [3.63, 3.8) is 0 Å². The average molecular weight is 247 g/mol. The van der Waals surface area contributed by atoms with Crippen LogP contribution >= 0.6 is 0 Å². The summed E-state index contributed by atoms with van der Waals surface area (Å²) in [6.45, 7) is 5.04. The van der Waals surface area contributed by atoms with Gasteiger partial charge in [-0.15, -0.1) is 0 Å². The Morgan fingerprint density at radius 2 is 2.28 bits per heavy atom. The van der Waals surface area contributed by atoms with Crippen molar-refractivity contribution in [1.29, 1.82) is 0 Å². The normalized spacial score (nSPS) is 30.6. The van der Waals surface area contributed by atoms with Crippen molar-refractivity contribution in [3.8, 4) is 0 Å². The first-order valence-corrected chi connectivity index (χ1v) is 6.90. The lowest BCUT2D eigenvalue weighted by molar-refractivity contribution is 0.133. The molecule has 1 aromatic heterocycles. The number of aliphatic hydroxyl groups is 1. The molecule has 98 valence electrons. The van der Waals surface area contributed by atoms with Crippen LogP contribution in [0.4, 0.5) is 11.4 Å². The topological polar surface area (TPSA) is 48.4 Å². The summed E-state index contributed by atoms with van der Waals surface area (Å²) in [5, 5.41) is 13.2. The van der Waals surface area contributed by atoms with Crippen LogP contribution in [0.5, 0.6) is 0 Å². The van der Waals surface area contributed by atoms with E-state index in [4.69, 9.17) is 0 Å². The van der Waals surface area contributed by atoms with E-state index in [0.29, 0.717) is 11.8 Å². The van der Waals surface area contributed by atoms with Gasteiger partial charge in [0.05, 0.1) is 29.9 Å².